The molecule has 0 saturated heterocycles. The first-order valence-electron chi connectivity index (χ1n) is 12.8. The van der Waals surface area contributed by atoms with Crippen molar-refractivity contribution >= 4 is 27.6 Å². The van der Waals surface area contributed by atoms with Gasteiger partial charge in [0.2, 0.25) is 16.0 Å². The molecule has 1 aliphatic heterocycles. The number of nitrogens with zero attached hydrogens (tertiary/aromatic N) is 6. The van der Waals surface area contributed by atoms with Crippen LogP contribution in [0.15, 0.2) is 24.7 Å². The van der Waals surface area contributed by atoms with Crippen LogP contribution in [0.5, 0.6) is 11.5 Å². The fraction of sp³-hybridized carbons (Fsp3) is 0.542. The Kier molecular flexibility index (Phi) is 9.74. The second kappa shape index (κ2) is 12.9. The predicted octanol–water partition coefficient (Wildman–Crippen LogP) is 3.99. The van der Waals surface area contributed by atoms with Gasteiger partial charge in [0.15, 0.2) is 35.4 Å². The summed E-state index contributed by atoms with van der Waals surface area (Å²) >= 11 is 5.90. The van der Waals surface area contributed by atoms with Crippen molar-refractivity contribution in [2.24, 2.45) is 0 Å². The van der Waals surface area contributed by atoms with Crippen molar-refractivity contribution in [3.8, 4) is 23.0 Å². The number of sulfonamides is 1. The summed E-state index contributed by atoms with van der Waals surface area (Å²) in [6.07, 6.45) is -2.15. The third-order valence-electron chi connectivity index (χ3n) is 5.93. The molecular formula is C24H29ClF3N7O6S. The quantitative estimate of drug-likeness (QED) is 0.307. The van der Waals surface area contributed by atoms with Crippen molar-refractivity contribution < 1.29 is 40.5 Å². The Bertz CT molecular complexity index is 1470. The molecule has 0 aromatic carbocycles. The van der Waals surface area contributed by atoms with E-state index in [0.717, 1.165) is 0 Å². The number of alkyl halides is 3. The summed E-state index contributed by atoms with van der Waals surface area (Å²) < 4.78 is 92.1. The van der Waals surface area contributed by atoms with Gasteiger partial charge in [-0.15, -0.1) is 10.2 Å². The monoisotopic (exact) mass is 635 g/mol. The molecule has 13 nitrogen and oxygen atoms in total. The number of rotatable bonds is 12. The smallest absolute Gasteiger partial charge is 0.422 e. The maximum atomic E-state index is 13.7. The van der Waals surface area contributed by atoms with Gasteiger partial charge in [-0.3, -0.25) is 9.29 Å². The normalized spacial score (nSPS) is 16.6. The molecule has 4 heterocycles. The number of pyridine rings is 1. The number of ether oxygens (including phenoxy) is 4. The molecule has 0 spiro atoms. The average Bonchev–Trinajstić information content (AvgIpc) is 3.24. The zero-order chi connectivity index (χ0) is 30.7. The minimum Gasteiger partial charge on any atom is -0.485 e. The van der Waals surface area contributed by atoms with Gasteiger partial charge in [0.25, 0.3) is 0 Å². The van der Waals surface area contributed by atoms with Crippen molar-refractivity contribution in [1.82, 2.24) is 29.7 Å². The molecular weight excluding hydrogens is 607 g/mol. The van der Waals surface area contributed by atoms with Crippen molar-refractivity contribution in [3.63, 3.8) is 0 Å². The third kappa shape index (κ3) is 7.37. The molecule has 0 aliphatic carbocycles. The summed E-state index contributed by atoms with van der Waals surface area (Å²) in [6.45, 7) is 5.34. The second-order valence-electron chi connectivity index (χ2n) is 9.45. The molecule has 4 rings (SSSR count). The van der Waals surface area contributed by atoms with Gasteiger partial charge in [0.05, 0.1) is 23.8 Å². The summed E-state index contributed by atoms with van der Waals surface area (Å²) in [5.41, 5.74) is 0.00949. The lowest BCUT2D eigenvalue weighted by Gasteiger charge is -2.26. The van der Waals surface area contributed by atoms with E-state index in [9.17, 15) is 21.6 Å². The zero-order valence-electron chi connectivity index (χ0n) is 23.0. The summed E-state index contributed by atoms with van der Waals surface area (Å²) in [5.74, 6) is -0.357. The van der Waals surface area contributed by atoms with Crippen molar-refractivity contribution in [2.45, 2.75) is 57.4 Å². The molecule has 3 atom stereocenters. The first-order chi connectivity index (χ1) is 19.8. The van der Waals surface area contributed by atoms with Crippen molar-refractivity contribution in [1.29, 1.82) is 0 Å². The molecule has 18 heteroatoms. The molecule has 0 bridgehead atoms. The van der Waals surface area contributed by atoms with Crippen molar-refractivity contribution in [3.05, 3.63) is 35.5 Å². The van der Waals surface area contributed by atoms with Gasteiger partial charge >= 0.3 is 6.18 Å². The van der Waals surface area contributed by atoms with E-state index in [1.54, 1.807) is 20.8 Å². The highest BCUT2D eigenvalue weighted by Crippen LogP contribution is 2.41. The van der Waals surface area contributed by atoms with Crippen LogP contribution in [0.1, 0.15) is 45.7 Å². The summed E-state index contributed by atoms with van der Waals surface area (Å²) in [6, 6.07) is 0.530. The molecule has 0 fully saturated rings. The third-order valence-corrected chi connectivity index (χ3v) is 7.82. The number of anilines is 1. The van der Waals surface area contributed by atoms with Gasteiger partial charge in [-0.05, 0) is 27.7 Å². The number of halogens is 4. The summed E-state index contributed by atoms with van der Waals surface area (Å²) in [7, 11) is -4.25. The first kappa shape index (κ1) is 31.7. The molecule has 0 radical (unpaired) electrons. The lowest BCUT2D eigenvalue weighted by molar-refractivity contribution is -0.153. The highest BCUT2D eigenvalue weighted by atomic mass is 35.5. The van der Waals surface area contributed by atoms with Gasteiger partial charge < -0.3 is 18.9 Å². The van der Waals surface area contributed by atoms with E-state index in [1.165, 1.54) is 36.1 Å². The Morgan fingerprint density at radius 1 is 1.19 bits per heavy atom. The van der Waals surface area contributed by atoms with E-state index in [0.29, 0.717) is 6.61 Å². The SMILES string of the molecule is CCOC[C@H]1COc2c(OCC(F)(F)F)ccnc2-c2nnc(NS(=O)(=O)[C@@H](C)[C@@H](OC(C)C)c3ncc(Cl)cn3)n21. The molecule has 3 aromatic heterocycles. The van der Waals surface area contributed by atoms with Gasteiger partial charge in [0.1, 0.15) is 18.0 Å². The average molecular weight is 636 g/mol. The van der Waals surface area contributed by atoms with E-state index in [2.05, 4.69) is 29.9 Å². The van der Waals surface area contributed by atoms with Crippen LogP contribution >= 0.6 is 11.6 Å². The predicted molar refractivity (Wildman–Crippen MR) is 144 cm³/mol. The minimum atomic E-state index is -4.59. The number of hydrogen-bond donors (Lipinski definition) is 1. The highest BCUT2D eigenvalue weighted by Gasteiger charge is 2.38. The molecule has 1 aliphatic rings. The molecule has 0 amide bonds. The van der Waals surface area contributed by atoms with Gasteiger partial charge in [-0.25, -0.2) is 23.4 Å². The largest absolute Gasteiger partial charge is 0.485 e. The second-order valence-corrected chi connectivity index (χ2v) is 11.9. The van der Waals surface area contributed by atoms with Crippen LogP contribution in [0.25, 0.3) is 11.5 Å². The molecule has 42 heavy (non-hydrogen) atoms. The van der Waals surface area contributed by atoms with Crippen LogP contribution in [0.2, 0.25) is 5.02 Å². The van der Waals surface area contributed by atoms with Crippen LogP contribution in [-0.2, 0) is 19.5 Å². The maximum absolute atomic E-state index is 13.7. The van der Waals surface area contributed by atoms with Crippen LogP contribution in [0.3, 0.4) is 0 Å². The van der Waals surface area contributed by atoms with E-state index in [-0.39, 0.29) is 59.1 Å². The maximum Gasteiger partial charge on any atom is 0.422 e. The minimum absolute atomic E-state index is 0.00949. The fourth-order valence-electron chi connectivity index (χ4n) is 4.03. The number of nitrogens with one attached hydrogen (secondary N) is 1. The number of aromatic nitrogens is 6. The van der Waals surface area contributed by atoms with E-state index in [4.69, 9.17) is 30.5 Å². The Morgan fingerprint density at radius 2 is 1.90 bits per heavy atom. The van der Waals surface area contributed by atoms with Crippen LogP contribution in [0.4, 0.5) is 19.1 Å². The molecule has 3 aromatic rings. The molecule has 0 saturated carbocycles. The molecule has 230 valence electrons. The number of fused-ring (bicyclic) bond motifs is 3. The Labute approximate surface area is 244 Å². The van der Waals surface area contributed by atoms with Crippen LogP contribution in [-0.4, -0.2) is 82.1 Å². The first-order valence-corrected chi connectivity index (χ1v) is 14.7. The van der Waals surface area contributed by atoms with E-state index < -0.39 is 40.2 Å². The van der Waals surface area contributed by atoms with E-state index >= 15 is 0 Å². The Hall–Kier alpha value is -3.28. The molecule has 1 N–H and O–H groups in total. The van der Waals surface area contributed by atoms with Gasteiger partial charge in [0, 0.05) is 31.3 Å². The zero-order valence-corrected chi connectivity index (χ0v) is 24.6. The summed E-state index contributed by atoms with van der Waals surface area (Å²) in [4.78, 5) is 12.5. The lowest BCUT2D eigenvalue weighted by Crippen LogP contribution is -2.35. The Morgan fingerprint density at radius 3 is 2.55 bits per heavy atom. The van der Waals surface area contributed by atoms with Crippen LogP contribution < -0.4 is 14.2 Å². The molecule has 0 unspecified atom stereocenters. The standard InChI is InChI=1S/C24H29ClF3N7O6S/c1-5-38-10-16-11-39-20-17(40-12-24(26,27)28)6-7-29-18(20)22-32-33-23(35(16)22)34-42(36,37)14(4)19(41-13(2)3)21-30-8-15(25)9-31-21/h6-9,13-14,16,19H,5,10-12H2,1-4H3,(H,33,34)/t14-,16-,19+/m0/s1. The van der Waals surface area contributed by atoms with Crippen LogP contribution in [0, 0.1) is 0 Å². The fourth-order valence-corrected chi connectivity index (χ4v) is 5.22. The highest BCUT2D eigenvalue weighted by molar-refractivity contribution is 7.93. The summed E-state index contributed by atoms with van der Waals surface area (Å²) in [5, 5.41) is 7.20. The Balaban J connectivity index is 1.72. The topological polar surface area (TPSA) is 152 Å². The van der Waals surface area contributed by atoms with Gasteiger partial charge in [-0.2, -0.15) is 13.2 Å². The number of hydrogen-bond acceptors (Lipinski definition) is 11. The van der Waals surface area contributed by atoms with Crippen molar-refractivity contribution in [2.75, 3.05) is 31.1 Å². The lowest BCUT2D eigenvalue weighted by atomic mass is 10.2. The van der Waals surface area contributed by atoms with E-state index in [1.807, 2.05) is 0 Å². The van der Waals surface area contributed by atoms with Gasteiger partial charge in [-0.1, -0.05) is 11.6 Å².